The lowest BCUT2D eigenvalue weighted by Crippen LogP contribution is -2.84. The van der Waals surface area contributed by atoms with Crippen LogP contribution in [0.5, 0.6) is 0 Å². The third kappa shape index (κ3) is 2.39. The lowest BCUT2D eigenvalue weighted by molar-refractivity contribution is -0.440. The summed E-state index contributed by atoms with van der Waals surface area (Å²) in [6.45, 7) is -0.997. The van der Waals surface area contributed by atoms with E-state index in [1.54, 1.807) is 0 Å². The van der Waals surface area contributed by atoms with Crippen LogP contribution in [-0.4, -0.2) is 129 Å². The summed E-state index contributed by atoms with van der Waals surface area (Å²) in [7, 11) is 0. The van der Waals surface area contributed by atoms with Crippen LogP contribution in [0.4, 0.5) is 0 Å². The van der Waals surface area contributed by atoms with Crippen LogP contribution in [0, 0.1) is 0 Å². The summed E-state index contributed by atoms with van der Waals surface area (Å²) >= 11 is 0. The van der Waals surface area contributed by atoms with Gasteiger partial charge in [0.2, 0.25) is 5.79 Å². The first kappa shape index (κ1) is 19.8. The molecule has 2 rings (SSSR count). The van der Waals surface area contributed by atoms with E-state index in [2.05, 4.69) is 0 Å². The van der Waals surface area contributed by atoms with Gasteiger partial charge in [0, 0.05) is 0 Å². The third-order valence-electron chi connectivity index (χ3n) is 4.79. The van der Waals surface area contributed by atoms with Gasteiger partial charge in [0.15, 0.2) is 5.60 Å². The highest BCUT2D eigenvalue weighted by Gasteiger charge is 2.73. The predicted octanol–water partition coefficient (Wildman–Crippen LogP) is -7.30. The molecule has 0 spiro atoms. The molecule has 1 saturated heterocycles. The quantitative estimate of drug-likeness (QED) is 0.221. The van der Waals surface area contributed by atoms with E-state index in [1.807, 2.05) is 0 Å². The zero-order valence-corrected chi connectivity index (χ0v) is 12.2. The minimum absolute atomic E-state index is 0.997. The zero-order valence-electron chi connectivity index (χ0n) is 12.2. The van der Waals surface area contributed by atoms with Gasteiger partial charge in [0.25, 0.3) is 0 Å². The van der Waals surface area contributed by atoms with Crippen molar-refractivity contribution in [3.63, 3.8) is 0 Å². The first-order valence-electron chi connectivity index (χ1n) is 7.13. The summed E-state index contributed by atoms with van der Waals surface area (Å²) in [5.74, 6) is -3.43. The first-order chi connectivity index (χ1) is 10.9. The van der Waals surface area contributed by atoms with Gasteiger partial charge in [-0.05, 0) is 0 Å². The van der Waals surface area contributed by atoms with E-state index in [4.69, 9.17) is 9.84 Å². The topological polar surface area (TPSA) is 232 Å². The Kier molecular flexibility index (Phi) is 5.25. The van der Waals surface area contributed by atoms with Gasteiger partial charge < -0.3 is 60.9 Å². The van der Waals surface area contributed by atoms with Crippen LogP contribution in [-0.2, 0) is 4.74 Å². The van der Waals surface area contributed by atoms with Crippen molar-refractivity contribution in [1.29, 1.82) is 0 Å². The van der Waals surface area contributed by atoms with Crippen molar-refractivity contribution < 1.29 is 60.9 Å². The number of rotatable bonds is 2. The standard InChI is InChI=1S/C12H22O12/c13-1-2-3(14)5(16)10(21)12(23,24-2)11(22)8(19)6(17)4(15)7(18)9(11)20/h2-10,13-23H,1H2/t2-,3+,4?,5+,6-,7+,8-,9-,10-,11?,12-/m1/s1. The molecule has 12 nitrogen and oxygen atoms in total. The monoisotopic (exact) mass is 358 g/mol. The van der Waals surface area contributed by atoms with Gasteiger partial charge in [-0.15, -0.1) is 0 Å². The van der Waals surface area contributed by atoms with E-state index in [9.17, 15) is 51.1 Å². The molecule has 11 atom stereocenters. The third-order valence-corrected chi connectivity index (χ3v) is 4.79. The fraction of sp³-hybridized carbons (Fsp3) is 1.00. The first-order valence-corrected chi connectivity index (χ1v) is 7.13. The molecule has 0 amide bonds. The molecule has 1 aliphatic carbocycles. The number of hydrogen-bond acceptors (Lipinski definition) is 12. The van der Waals surface area contributed by atoms with Crippen LogP contribution in [0.1, 0.15) is 0 Å². The Morgan fingerprint density at radius 1 is 0.625 bits per heavy atom. The molecular formula is C12H22O12. The van der Waals surface area contributed by atoms with Gasteiger partial charge >= 0.3 is 0 Å². The Labute approximate surface area is 135 Å². The van der Waals surface area contributed by atoms with Gasteiger partial charge in [-0.25, -0.2) is 0 Å². The maximum atomic E-state index is 10.6. The second kappa shape index (κ2) is 6.35. The Bertz CT molecular complexity index is 443. The van der Waals surface area contributed by atoms with Crippen molar-refractivity contribution in [1.82, 2.24) is 0 Å². The van der Waals surface area contributed by atoms with Crippen molar-refractivity contribution in [3.05, 3.63) is 0 Å². The van der Waals surface area contributed by atoms with E-state index in [0.717, 1.165) is 0 Å². The van der Waals surface area contributed by atoms with E-state index in [1.165, 1.54) is 0 Å². The summed E-state index contributed by atoms with van der Waals surface area (Å²) in [4.78, 5) is 0. The molecule has 1 aliphatic heterocycles. The normalized spacial score (nSPS) is 59.4. The van der Waals surface area contributed by atoms with Gasteiger partial charge in [0.05, 0.1) is 6.61 Å². The van der Waals surface area contributed by atoms with E-state index < -0.39 is 72.9 Å². The van der Waals surface area contributed by atoms with Crippen LogP contribution in [0.15, 0.2) is 0 Å². The van der Waals surface area contributed by atoms with E-state index in [0.29, 0.717) is 0 Å². The van der Waals surface area contributed by atoms with Crippen molar-refractivity contribution in [3.8, 4) is 0 Å². The minimum atomic E-state index is -3.43. The molecule has 142 valence electrons. The van der Waals surface area contributed by atoms with Crippen molar-refractivity contribution >= 4 is 0 Å². The molecule has 1 saturated carbocycles. The molecule has 0 bridgehead atoms. The summed E-state index contributed by atoms with van der Waals surface area (Å²) in [5.41, 5.74) is -3.40. The highest BCUT2D eigenvalue weighted by Crippen LogP contribution is 2.44. The molecule has 0 radical (unpaired) electrons. The highest BCUT2D eigenvalue weighted by molar-refractivity contribution is 5.18. The Morgan fingerprint density at radius 3 is 1.46 bits per heavy atom. The van der Waals surface area contributed by atoms with Crippen molar-refractivity contribution in [2.45, 2.75) is 66.3 Å². The molecule has 24 heavy (non-hydrogen) atoms. The molecule has 11 N–H and O–H groups in total. The van der Waals surface area contributed by atoms with E-state index >= 15 is 0 Å². The molecular weight excluding hydrogens is 336 g/mol. The number of ether oxygens (including phenoxy) is 1. The molecule has 0 aromatic rings. The Morgan fingerprint density at radius 2 is 1.04 bits per heavy atom. The Hall–Kier alpha value is -0.480. The Balaban J connectivity index is 2.52. The number of hydrogen-bond donors (Lipinski definition) is 11. The van der Waals surface area contributed by atoms with Crippen molar-refractivity contribution in [2.24, 2.45) is 0 Å². The van der Waals surface area contributed by atoms with Crippen molar-refractivity contribution in [2.75, 3.05) is 6.61 Å². The van der Waals surface area contributed by atoms with E-state index in [-0.39, 0.29) is 0 Å². The van der Waals surface area contributed by atoms with Crippen LogP contribution in [0.25, 0.3) is 0 Å². The summed E-state index contributed by atoms with van der Waals surface area (Å²) in [6.07, 6.45) is -20.1. The lowest BCUT2D eigenvalue weighted by atomic mass is 9.67. The van der Waals surface area contributed by atoms with Crippen LogP contribution in [0.3, 0.4) is 0 Å². The summed E-state index contributed by atoms with van der Waals surface area (Å²) in [5, 5.41) is 109. The van der Waals surface area contributed by atoms with Gasteiger partial charge in [0.1, 0.15) is 54.9 Å². The maximum absolute atomic E-state index is 10.6. The van der Waals surface area contributed by atoms with Crippen LogP contribution in [0.2, 0.25) is 0 Å². The molecule has 2 aliphatic rings. The lowest BCUT2D eigenvalue weighted by Gasteiger charge is -2.58. The number of aliphatic hydroxyl groups excluding tert-OH is 9. The average molecular weight is 358 g/mol. The van der Waals surface area contributed by atoms with Crippen LogP contribution >= 0.6 is 0 Å². The fourth-order valence-corrected chi connectivity index (χ4v) is 3.18. The van der Waals surface area contributed by atoms with Crippen LogP contribution < -0.4 is 0 Å². The SMILES string of the molecule is OC[C@H]1O[C@@](O)(C2(O)[C@H](O)[C@H](O)C(O)[C@H](O)[C@H]2O)[C@H](O)[C@@H](O)[C@H]1O. The summed E-state index contributed by atoms with van der Waals surface area (Å²) < 4.78 is 4.80. The molecule has 0 aromatic carbocycles. The molecule has 2 unspecified atom stereocenters. The second-order valence-electron chi connectivity index (χ2n) is 6.15. The molecule has 0 aromatic heterocycles. The molecule has 12 heteroatoms. The largest absolute Gasteiger partial charge is 0.394 e. The second-order valence-corrected chi connectivity index (χ2v) is 6.15. The van der Waals surface area contributed by atoms with Gasteiger partial charge in [-0.1, -0.05) is 0 Å². The zero-order chi connectivity index (χ0) is 18.6. The molecule has 2 fully saturated rings. The number of aliphatic hydroxyl groups is 11. The highest BCUT2D eigenvalue weighted by atomic mass is 16.7. The van der Waals surface area contributed by atoms with Gasteiger partial charge in [-0.3, -0.25) is 0 Å². The maximum Gasteiger partial charge on any atom is 0.230 e. The minimum Gasteiger partial charge on any atom is -0.394 e. The average Bonchev–Trinajstić information content (AvgIpc) is 2.57. The predicted molar refractivity (Wildman–Crippen MR) is 69.9 cm³/mol. The van der Waals surface area contributed by atoms with Gasteiger partial charge in [-0.2, -0.15) is 0 Å². The smallest absolute Gasteiger partial charge is 0.230 e. The molecule has 1 heterocycles. The fourth-order valence-electron chi connectivity index (χ4n) is 3.18. The summed E-state index contributed by atoms with van der Waals surface area (Å²) in [6, 6.07) is 0.